The number of nitrogens with zero attached hydrogens (tertiary/aromatic N) is 3. The standard InChI is InChI=1S/C13H17BrN4O2/c1-10(19)17-5-2-6-18(8-7-17)13(20)16-12-3-4-15-9-11(12)14/h3-4,9H,2,5-8H2,1H3,(H,15,16,20). The second kappa shape index (κ2) is 6.69. The predicted molar refractivity (Wildman–Crippen MR) is 79.4 cm³/mol. The Labute approximate surface area is 126 Å². The zero-order chi connectivity index (χ0) is 14.5. The monoisotopic (exact) mass is 340 g/mol. The van der Waals surface area contributed by atoms with E-state index in [0.717, 1.165) is 10.9 Å². The Bertz CT molecular complexity index is 509. The molecule has 1 aliphatic rings. The van der Waals surface area contributed by atoms with Gasteiger partial charge in [-0.3, -0.25) is 9.78 Å². The van der Waals surface area contributed by atoms with Crippen LogP contribution in [0.2, 0.25) is 0 Å². The molecule has 1 aromatic rings. The average Bonchev–Trinajstić information content (AvgIpc) is 2.67. The van der Waals surface area contributed by atoms with Crippen molar-refractivity contribution in [3.63, 3.8) is 0 Å². The van der Waals surface area contributed by atoms with Crippen LogP contribution in [0.25, 0.3) is 0 Å². The van der Waals surface area contributed by atoms with Gasteiger partial charge in [-0.1, -0.05) is 0 Å². The number of aromatic nitrogens is 1. The van der Waals surface area contributed by atoms with Gasteiger partial charge in [-0.25, -0.2) is 4.79 Å². The van der Waals surface area contributed by atoms with E-state index in [4.69, 9.17) is 0 Å². The average molecular weight is 341 g/mol. The van der Waals surface area contributed by atoms with Crippen molar-refractivity contribution in [3.8, 4) is 0 Å². The minimum absolute atomic E-state index is 0.0594. The van der Waals surface area contributed by atoms with Crippen LogP contribution < -0.4 is 5.32 Å². The van der Waals surface area contributed by atoms with E-state index < -0.39 is 0 Å². The number of carbonyl (C=O) groups is 2. The normalized spacial score (nSPS) is 15.7. The van der Waals surface area contributed by atoms with E-state index in [0.29, 0.717) is 31.9 Å². The second-order valence-corrected chi connectivity index (χ2v) is 5.49. The Morgan fingerprint density at radius 1 is 1.25 bits per heavy atom. The van der Waals surface area contributed by atoms with E-state index in [2.05, 4.69) is 26.2 Å². The highest BCUT2D eigenvalue weighted by Gasteiger charge is 2.20. The number of amides is 3. The SMILES string of the molecule is CC(=O)N1CCCN(C(=O)Nc2ccncc2Br)CC1. The van der Waals surface area contributed by atoms with Crippen molar-refractivity contribution in [3.05, 3.63) is 22.9 Å². The van der Waals surface area contributed by atoms with E-state index in [1.165, 1.54) is 0 Å². The number of rotatable bonds is 1. The molecular weight excluding hydrogens is 324 g/mol. The van der Waals surface area contributed by atoms with Crippen LogP contribution in [-0.2, 0) is 4.79 Å². The molecule has 1 N–H and O–H groups in total. The molecule has 0 bridgehead atoms. The van der Waals surface area contributed by atoms with Crippen LogP contribution in [0.1, 0.15) is 13.3 Å². The van der Waals surface area contributed by atoms with Gasteiger partial charge in [0.2, 0.25) is 5.91 Å². The molecular formula is C13H17BrN4O2. The molecule has 0 atom stereocenters. The first kappa shape index (κ1) is 14.8. The summed E-state index contributed by atoms with van der Waals surface area (Å²) < 4.78 is 0.744. The van der Waals surface area contributed by atoms with E-state index in [1.54, 1.807) is 35.2 Å². The summed E-state index contributed by atoms with van der Waals surface area (Å²) in [7, 11) is 0. The van der Waals surface area contributed by atoms with Crippen LogP contribution in [0.5, 0.6) is 0 Å². The third-order valence-electron chi connectivity index (χ3n) is 3.24. The van der Waals surface area contributed by atoms with E-state index in [-0.39, 0.29) is 11.9 Å². The molecule has 3 amide bonds. The maximum atomic E-state index is 12.2. The largest absolute Gasteiger partial charge is 0.341 e. The number of pyridine rings is 1. The Morgan fingerprint density at radius 2 is 1.95 bits per heavy atom. The molecule has 2 heterocycles. The Morgan fingerprint density at radius 3 is 2.65 bits per heavy atom. The van der Waals surface area contributed by atoms with Crippen LogP contribution in [-0.4, -0.2) is 52.9 Å². The van der Waals surface area contributed by atoms with Gasteiger partial charge < -0.3 is 15.1 Å². The smallest absolute Gasteiger partial charge is 0.321 e. The van der Waals surface area contributed by atoms with Gasteiger partial charge in [0.25, 0.3) is 0 Å². The maximum absolute atomic E-state index is 12.2. The molecule has 1 fully saturated rings. The summed E-state index contributed by atoms with van der Waals surface area (Å²) in [4.78, 5) is 31.0. The summed E-state index contributed by atoms with van der Waals surface area (Å²) in [5, 5.41) is 2.85. The van der Waals surface area contributed by atoms with Gasteiger partial charge in [0.1, 0.15) is 0 Å². The maximum Gasteiger partial charge on any atom is 0.321 e. The molecule has 108 valence electrons. The predicted octanol–water partition coefficient (Wildman–Crippen LogP) is 1.93. The van der Waals surface area contributed by atoms with Crippen molar-refractivity contribution < 1.29 is 9.59 Å². The number of anilines is 1. The van der Waals surface area contributed by atoms with Gasteiger partial charge in [-0.2, -0.15) is 0 Å². The topological polar surface area (TPSA) is 65.5 Å². The van der Waals surface area contributed by atoms with Gasteiger partial charge in [0.15, 0.2) is 0 Å². The Kier molecular flexibility index (Phi) is 4.94. The highest BCUT2D eigenvalue weighted by molar-refractivity contribution is 9.10. The van der Waals surface area contributed by atoms with Crippen molar-refractivity contribution in [2.75, 3.05) is 31.5 Å². The molecule has 1 aliphatic heterocycles. The highest BCUT2D eigenvalue weighted by atomic mass is 79.9. The molecule has 0 radical (unpaired) electrons. The minimum atomic E-state index is -0.151. The molecule has 0 unspecified atom stereocenters. The fraction of sp³-hybridized carbons (Fsp3) is 0.462. The van der Waals surface area contributed by atoms with Crippen molar-refractivity contribution in [2.45, 2.75) is 13.3 Å². The molecule has 6 nitrogen and oxygen atoms in total. The van der Waals surface area contributed by atoms with Gasteiger partial charge >= 0.3 is 6.03 Å². The van der Waals surface area contributed by atoms with Crippen LogP contribution in [0.3, 0.4) is 0 Å². The summed E-state index contributed by atoms with van der Waals surface area (Å²) in [5.41, 5.74) is 0.692. The molecule has 7 heteroatoms. The van der Waals surface area contributed by atoms with Crippen molar-refractivity contribution >= 4 is 33.6 Å². The van der Waals surface area contributed by atoms with Crippen molar-refractivity contribution in [2.24, 2.45) is 0 Å². The lowest BCUT2D eigenvalue weighted by atomic mass is 10.4. The quantitative estimate of drug-likeness (QED) is 0.849. The summed E-state index contributed by atoms with van der Waals surface area (Å²) in [6.45, 7) is 4.05. The first-order valence-corrected chi connectivity index (χ1v) is 7.28. The summed E-state index contributed by atoms with van der Waals surface area (Å²) in [6.07, 6.45) is 4.06. The van der Waals surface area contributed by atoms with Gasteiger partial charge in [0, 0.05) is 45.5 Å². The summed E-state index contributed by atoms with van der Waals surface area (Å²) in [6, 6.07) is 1.59. The number of nitrogens with one attached hydrogen (secondary N) is 1. The minimum Gasteiger partial charge on any atom is -0.341 e. The number of hydrogen-bond acceptors (Lipinski definition) is 3. The molecule has 2 rings (SSSR count). The van der Waals surface area contributed by atoms with Crippen molar-refractivity contribution in [1.82, 2.24) is 14.8 Å². The van der Waals surface area contributed by atoms with Gasteiger partial charge in [-0.15, -0.1) is 0 Å². The molecule has 0 saturated carbocycles. The van der Waals surface area contributed by atoms with E-state index in [9.17, 15) is 9.59 Å². The number of halogens is 1. The third kappa shape index (κ3) is 3.69. The Hall–Kier alpha value is -1.63. The molecule has 20 heavy (non-hydrogen) atoms. The second-order valence-electron chi connectivity index (χ2n) is 4.63. The summed E-state index contributed by atoms with van der Waals surface area (Å²) >= 11 is 3.34. The van der Waals surface area contributed by atoms with Crippen LogP contribution in [0.15, 0.2) is 22.9 Å². The first-order valence-electron chi connectivity index (χ1n) is 6.49. The van der Waals surface area contributed by atoms with Gasteiger partial charge in [-0.05, 0) is 28.4 Å². The Balaban J connectivity index is 1.96. The molecule has 0 aliphatic carbocycles. The zero-order valence-electron chi connectivity index (χ0n) is 11.3. The van der Waals surface area contributed by atoms with Crippen LogP contribution >= 0.6 is 15.9 Å². The highest BCUT2D eigenvalue weighted by Crippen LogP contribution is 2.20. The van der Waals surface area contributed by atoms with Gasteiger partial charge in [0.05, 0.1) is 10.2 Å². The fourth-order valence-corrected chi connectivity index (χ4v) is 2.46. The third-order valence-corrected chi connectivity index (χ3v) is 3.87. The molecule has 0 aromatic carbocycles. The van der Waals surface area contributed by atoms with Crippen LogP contribution in [0.4, 0.5) is 10.5 Å². The number of hydrogen-bond donors (Lipinski definition) is 1. The molecule has 1 aromatic heterocycles. The molecule has 0 spiro atoms. The number of carbonyl (C=O) groups excluding carboxylic acids is 2. The lowest BCUT2D eigenvalue weighted by molar-refractivity contribution is -0.128. The lowest BCUT2D eigenvalue weighted by Crippen LogP contribution is -2.38. The van der Waals surface area contributed by atoms with Crippen LogP contribution in [0, 0.1) is 0 Å². The summed E-state index contributed by atoms with van der Waals surface area (Å²) in [5.74, 6) is 0.0594. The zero-order valence-corrected chi connectivity index (χ0v) is 12.9. The van der Waals surface area contributed by atoms with Crippen molar-refractivity contribution in [1.29, 1.82) is 0 Å². The first-order chi connectivity index (χ1) is 9.58. The molecule has 1 saturated heterocycles. The van der Waals surface area contributed by atoms with E-state index >= 15 is 0 Å². The number of urea groups is 1. The van der Waals surface area contributed by atoms with E-state index in [1.807, 2.05) is 0 Å². The lowest BCUT2D eigenvalue weighted by Gasteiger charge is -2.22. The fourth-order valence-electron chi connectivity index (χ4n) is 2.11.